The van der Waals surface area contributed by atoms with E-state index in [-0.39, 0.29) is 0 Å². The van der Waals surface area contributed by atoms with E-state index in [2.05, 4.69) is 37.6 Å². The van der Waals surface area contributed by atoms with Gasteiger partial charge in [-0.2, -0.15) is 10.1 Å². The van der Waals surface area contributed by atoms with Crippen molar-refractivity contribution in [2.45, 2.75) is 13.5 Å². The molecule has 6 nitrogen and oxygen atoms in total. The molecule has 6 heteroatoms. The summed E-state index contributed by atoms with van der Waals surface area (Å²) in [5.41, 5.74) is 2.22. The van der Waals surface area contributed by atoms with Crippen molar-refractivity contribution in [2.75, 3.05) is 17.3 Å². The van der Waals surface area contributed by atoms with Crippen LogP contribution in [0.3, 0.4) is 0 Å². The molecule has 0 unspecified atom stereocenters. The van der Waals surface area contributed by atoms with Gasteiger partial charge in [0.15, 0.2) is 5.82 Å². The first-order valence-corrected chi connectivity index (χ1v) is 7.08. The summed E-state index contributed by atoms with van der Waals surface area (Å²) in [6.07, 6.45) is 1.74. The van der Waals surface area contributed by atoms with Gasteiger partial charge in [-0.3, -0.25) is 5.10 Å². The van der Waals surface area contributed by atoms with Gasteiger partial charge in [-0.15, -0.1) is 0 Å². The first kappa shape index (κ1) is 14.1. The Balaban J connectivity index is 1.73. The summed E-state index contributed by atoms with van der Waals surface area (Å²) in [5.74, 6) is 2.13. The molecule has 0 aliphatic heterocycles. The van der Waals surface area contributed by atoms with Gasteiger partial charge in [-0.25, -0.2) is 4.98 Å². The average Bonchev–Trinajstić information content (AvgIpc) is 2.93. The van der Waals surface area contributed by atoms with Crippen LogP contribution >= 0.6 is 0 Å². The van der Waals surface area contributed by atoms with Gasteiger partial charge in [0.2, 0.25) is 5.95 Å². The van der Waals surface area contributed by atoms with Gasteiger partial charge in [0.05, 0.1) is 0 Å². The molecule has 0 atom stereocenters. The lowest BCUT2D eigenvalue weighted by atomic mass is 10.2. The summed E-state index contributed by atoms with van der Waals surface area (Å²) in [6.45, 7) is 2.71. The molecule has 0 bridgehead atoms. The molecule has 0 fully saturated rings. The summed E-state index contributed by atoms with van der Waals surface area (Å²) in [4.78, 5) is 10.9. The molecule has 0 aliphatic rings. The first-order chi connectivity index (χ1) is 10.7. The Morgan fingerprint density at radius 2 is 1.95 bits per heavy atom. The Morgan fingerprint density at radius 3 is 2.68 bits per heavy atom. The highest BCUT2D eigenvalue weighted by Gasteiger charge is 2.07. The highest BCUT2D eigenvalue weighted by Crippen LogP contribution is 2.16. The second-order valence-electron chi connectivity index (χ2n) is 5.14. The number of H-pyrrole nitrogens is 1. The van der Waals surface area contributed by atoms with Gasteiger partial charge in [-0.05, 0) is 18.6 Å². The molecule has 0 radical (unpaired) electrons. The SMILES string of the molecule is Cc1cc(Nc2ccnc(N(C)Cc3ccccc3)n2)n[nH]1. The quantitative estimate of drug-likeness (QED) is 0.757. The van der Waals surface area contributed by atoms with Gasteiger partial charge in [0, 0.05) is 31.5 Å². The molecule has 2 aromatic heterocycles. The van der Waals surface area contributed by atoms with Gasteiger partial charge >= 0.3 is 0 Å². The standard InChI is InChI=1S/C16H18N6/c1-12-10-15(21-20-12)18-14-8-9-17-16(19-14)22(2)11-13-6-4-3-5-7-13/h3-10H,11H2,1-2H3,(H2,17,18,19,20,21). The Hall–Kier alpha value is -2.89. The van der Waals surface area contributed by atoms with Crippen LogP contribution in [0, 0.1) is 6.92 Å². The van der Waals surface area contributed by atoms with Crippen LogP contribution in [-0.4, -0.2) is 27.2 Å². The number of aromatic nitrogens is 4. The molecule has 0 amide bonds. The Morgan fingerprint density at radius 1 is 1.14 bits per heavy atom. The molecule has 0 saturated carbocycles. The number of aromatic amines is 1. The van der Waals surface area contributed by atoms with E-state index in [1.807, 2.05) is 49.2 Å². The fourth-order valence-corrected chi connectivity index (χ4v) is 2.14. The van der Waals surface area contributed by atoms with E-state index in [1.54, 1.807) is 6.20 Å². The zero-order valence-electron chi connectivity index (χ0n) is 12.6. The summed E-state index contributed by atoms with van der Waals surface area (Å²) in [7, 11) is 1.98. The number of hydrogen-bond acceptors (Lipinski definition) is 5. The van der Waals surface area contributed by atoms with Crippen molar-refractivity contribution in [2.24, 2.45) is 0 Å². The molecule has 0 aliphatic carbocycles. The molecule has 3 rings (SSSR count). The van der Waals surface area contributed by atoms with Crippen molar-refractivity contribution in [1.29, 1.82) is 0 Å². The number of anilines is 3. The van der Waals surface area contributed by atoms with Crippen molar-refractivity contribution in [3.63, 3.8) is 0 Å². The van der Waals surface area contributed by atoms with Crippen molar-refractivity contribution < 1.29 is 0 Å². The largest absolute Gasteiger partial charge is 0.339 e. The third kappa shape index (κ3) is 3.41. The summed E-state index contributed by atoms with van der Waals surface area (Å²) < 4.78 is 0. The molecule has 0 spiro atoms. The van der Waals surface area contributed by atoms with Gasteiger partial charge in [0.1, 0.15) is 5.82 Å². The van der Waals surface area contributed by atoms with Gasteiger partial charge < -0.3 is 10.2 Å². The number of benzene rings is 1. The van der Waals surface area contributed by atoms with Gasteiger partial charge in [-0.1, -0.05) is 30.3 Å². The number of nitrogens with one attached hydrogen (secondary N) is 2. The highest BCUT2D eigenvalue weighted by molar-refractivity contribution is 5.53. The second-order valence-corrected chi connectivity index (χ2v) is 5.14. The van der Waals surface area contributed by atoms with Crippen LogP contribution < -0.4 is 10.2 Å². The van der Waals surface area contributed by atoms with E-state index < -0.39 is 0 Å². The minimum atomic E-state index is 0.668. The molecular formula is C16H18N6. The minimum absolute atomic E-state index is 0.668. The Bertz CT molecular complexity index is 737. The molecule has 3 aromatic rings. The summed E-state index contributed by atoms with van der Waals surface area (Å²) >= 11 is 0. The zero-order valence-corrected chi connectivity index (χ0v) is 12.6. The van der Waals surface area contributed by atoms with Crippen molar-refractivity contribution >= 4 is 17.6 Å². The van der Waals surface area contributed by atoms with Crippen LogP contribution in [0.5, 0.6) is 0 Å². The van der Waals surface area contributed by atoms with E-state index in [0.717, 1.165) is 23.9 Å². The van der Waals surface area contributed by atoms with Crippen LogP contribution in [0.2, 0.25) is 0 Å². The smallest absolute Gasteiger partial charge is 0.227 e. The monoisotopic (exact) mass is 294 g/mol. The van der Waals surface area contributed by atoms with E-state index in [9.17, 15) is 0 Å². The van der Waals surface area contributed by atoms with Crippen LogP contribution in [0.4, 0.5) is 17.6 Å². The van der Waals surface area contributed by atoms with Gasteiger partial charge in [0.25, 0.3) is 0 Å². The lowest BCUT2D eigenvalue weighted by Crippen LogP contribution is -2.19. The topological polar surface area (TPSA) is 69.7 Å². The maximum absolute atomic E-state index is 4.52. The minimum Gasteiger partial charge on any atom is -0.339 e. The molecule has 112 valence electrons. The predicted molar refractivity (Wildman–Crippen MR) is 87.2 cm³/mol. The fraction of sp³-hybridized carbons (Fsp3) is 0.188. The fourth-order valence-electron chi connectivity index (χ4n) is 2.14. The number of nitrogens with zero attached hydrogens (tertiary/aromatic N) is 4. The molecule has 2 heterocycles. The van der Waals surface area contributed by atoms with E-state index in [1.165, 1.54) is 5.56 Å². The molecule has 0 saturated heterocycles. The normalized spacial score (nSPS) is 10.5. The van der Waals surface area contributed by atoms with E-state index >= 15 is 0 Å². The molecular weight excluding hydrogens is 276 g/mol. The van der Waals surface area contributed by atoms with E-state index in [4.69, 9.17) is 0 Å². The third-order valence-corrected chi connectivity index (χ3v) is 3.21. The van der Waals surface area contributed by atoms with E-state index in [0.29, 0.717) is 5.95 Å². The summed E-state index contributed by atoms with van der Waals surface area (Å²) in [5, 5.41) is 10.2. The lowest BCUT2D eigenvalue weighted by molar-refractivity contribution is 0.868. The summed E-state index contributed by atoms with van der Waals surface area (Å²) in [6, 6.07) is 14.0. The first-order valence-electron chi connectivity index (χ1n) is 7.08. The Labute approximate surface area is 129 Å². The van der Waals surface area contributed by atoms with Crippen LogP contribution in [0.15, 0.2) is 48.7 Å². The average molecular weight is 294 g/mol. The second kappa shape index (κ2) is 6.26. The molecule has 1 aromatic carbocycles. The zero-order chi connectivity index (χ0) is 15.4. The van der Waals surface area contributed by atoms with Crippen molar-refractivity contribution in [3.05, 3.63) is 59.9 Å². The van der Waals surface area contributed by atoms with Crippen molar-refractivity contribution in [3.8, 4) is 0 Å². The molecule has 2 N–H and O–H groups in total. The van der Waals surface area contributed by atoms with Crippen LogP contribution in [0.25, 0.3) is 0 Å². The number of rotatable bonds is 5. The van der Waals surface area contributed by atoms with Crippen LogP contribution in [0.1, 0.15) is 11.3 Å². The molecule has 22 heavy (non-hydrogen) atoms. The maximum atomic E-state index is 4.52. The maximum Gasteiger partial charge on any atom is 0.227 e. The number of hydrogen-bond donors (Lipinski definition) is 2. The van der Waals surface area contributed by atoms with Crippen molar-refractivity contribution in [1.82, 2.24) is 20.2 Å². The predicted octanol–water partition coefficient (Wildman–Crippen LogP) is 2.89. The highest BCUT2D eigenvalue weighted by atomic mass is 15.3. The number of aryl methyl sites for hydroxylation is 1. The van der Waals surface area contributed by atoms with Crippen LogP contribution in [-0.2, 0) is 6.54 Å². The Kier molecular flexibility index (Phi) is 4.00. The lowest BCUT2D eigenvalue weighted by Gasteiger charge is -2.17. The third-order valence-electron chi connectivity index (χ3n) is 3.21.